The van der Waals surface area contributed by atoms with Crippen LogP contribution < -0.4 is 5.11 Å². The lowest BCUT2D eigenvalue weighted by molar-refractivity contribution is -0.302. The molecule has 128 valence electrons. The molecule has 3 rings (SSSR count). The number of carboxylic acid groups (broad SMARTS) is 1. The van der Waals surface area contributed by atoms with E-state index >= 15 is 0 Å². The predicted molar refractivity (Wildman–Crippen MR) is 102 cm³/mol. The van der Waals surface area contributed by atoms with Crippen molar-refractivity contribution in [3.63, 3.8) is 0 Å². The van der Waals surface area contributed by atoms with E-state index in [2.05, 4.69) is 48.5 Å². The SMILES string of the molecule is CC(=O)[O-].Clc1ccc([S+](c2ccccc2)c2ccc(Cl)cc2)cc1. The molecule has 0 spiro atoms. The van der Waals surface area contributed by atoms with Crippen LogP contribution in [0.15, 0.2) is 93.5 Å². The summed E-state index contributed by atoms with van der Waals surface area (Å²) in [6.45, 7) is 0.972. The molecule has 0 bridgehead atoms. The van der Waals surface area contributed by atoms with Gasteiger partial charge in [0, 0.05) is 16.0 Å². The molecule has 0 radical (unpaired) electrons. The van der Waals surface area contributed by atoms with Gasteiger partial charge in [0.05, 0.1) is 10.9 Å². The Balaban J connectivity index is 0.000000511. The van der Waals surface area contributed by atoms with Crippen LogP contribution in [0.2, 0.25) is 10.0 Å². The van der Waals surface area contributed by atoms with Crippen molar-refractivity contribution in [2.24, 2.45) is 0 Å². The Morgan fingerprint density at radius 3 is 1.40 bits per heavy atom. The number of hydrogen-bond donors (Lipinski definition) is 0. The molecule has 0 aromatic heterocycles. The van der Waals surface area contributed by atoms with Gasteiger partial charge in [0.1, 0.15) is 0 Å². The van der Waals surface area contributed by atoms with Crippen molar-refractivity contribution in [2.45, 2.75) is 21.6 Å². The van der Waals surface area contributed by atoms with Crippen molar-refractivity contribution >= 4 is 40.1 Å². The van der Waals surface area contributed by atoms with E-state index in [-0.39, 0.29) is 10.9 Å². The maximum atomic E-state index is 8.89. The minimum atomic E-state index is -1.08. The molecule has 0 aliphatic carbocycles. The van der Waals surface area contributed by atoms with Gasteiger partial charge in [-0.15, -0.1) is 0 Å². The first-order valence-corrected chi connectivity index (χ1v) is 9.43. The van der Waals surface area contributed by atoms with E-state index in [0.717, 1.165) is 17.0 Å². The van der Waals surface area contributed by atoms with Gasteiger partial charge in [0.25, 0.3) is 0 Å². The molecular weight excluding hydrogens is 375 g/mol. The number of carboxylic acids is 1. The topological polar surface area (TPSA) is 40.1 Å². The summed E-state index contributed by atoms with van der Waals surface area (Å²) >= 11 is 12.0. The quantitative estimate of drug-likeness (QED) is 0.599. The predicted octanol–water partition coefficient (Wildman–Crippen LogP) is 4.85. The third-order valence-electron chi connectivity index (χ3n) is 3.08. The van der Waals surface area contributed by atoms with Crippen molar-refractivity contribution in [3.05, 3.63) is 88.9 Å². The van der Waals surface area contributed by atoms with E-state index in [4.69, 9.17) is 33.1 Å². The van der Waals surface area contributed by atoms with Gasteiger partial charge in [-0.1, -0.05) is 41.4 Å². The van der Waals surface area contributed by atoms with E-state index in [9.17, 15) is 0 Å². The van der Waals surface area contributed by atoms with Crippen LogP contribution in [0.1, 0.15) is 6.92 Å². The minimum absolute atomic E-state index is 0.148. The van der Waals surface area contributed by atoms with Gasteiger partial charge in [0.2, 0.25) is 0 Å². The number of benzene rings is 3. The first-order valence-electron chi connectivity index (χ1n) is 7.45. The molecule has 0 saturated heterocycles. The number of carbonyl (C=O) groups excluding carboxylic acids is 1. The first kappa shape index (κ1) is 19.4. The van der Waals surface area contributed by atoms with Gasteiger partial charge < -0.3 is 9.90 Å². The average Bonchev–Trinajstić information content (AvgIpc) is 2.59. The molecule has 25 heavy (non-hydrogen) atoms. The molecule has 0 aliphatic heterocycles. The van der Waals surface area contributed by atoms with E-state index in [1.54, 1.807) is 0 Å². The van der Waals surface area contributed by atoms with Gasteiger partial charge in [0.15, 0.2) is 14.7 Å². The monoisotopic (exact) mass is 390 g/mol. The fraction of sp³-hybridized carbons (Fsp3) is 0.0500. The zero-order chi connectivity index (χ0) is 18.2. The zero-order valence-electron chi connectivity index (χ0n) is 13.5. The summed E-state index contributed by atoms with van der Waals surface area (Å²) < 4.78 is 0. The van der Waals surface area contributed by atoms with Crippen molar-refractivity contribution < 1.29 is 9.90 Å². The highest BCUT2D eigenvalue weighted by Gasteiger charge is 2.28. The largest absolute Gasteiger partial charge is 0.550 e. The lowest BCUT2D eigenvalue weighted by Crippen LogP contribution is -2.16. The van der Waals surface area contributed by atoms with Crippen LogP contribution in [0.25, 0.3) is 0 Å². The average molecular weight is 391 g/mol. The lowest BCUT2D eigenvalue weighted by Gasteiger charge is -2.08. The minimum Gasteiger partial charge on any atom is -0.550 e. The van der Waals surface area contributed by atoms with Gasteiger partial charge in [-0.05, 0) is 67.6 Å². The van der Waals surface area contributed by atoms with Crippen molar-refractivity contribution in [2.75, 3.05) is 0 Å². The Morgan fingerprint density at radius 1 is 0.720 bits per heavy atom. The van der Waals surface area contributed by atoms with Crippen LogP contribution >= 0.6 is 23.2 Å². The fourth-order valence-electron chi connectivity index (χ4n) is 2.11. The van der Waals surface area contributed by atoms with Gasteiger partial charge in [-0.3, -0.25) is 0 Å². The summed E-state index contributed by atoms with van der Waals surface area (Å²) in [6.07, 6.45) is 0. The van der Waals surface area contributed by atoms with Crippen LogP contribution in [-0.4, -0.2) is 5.97 Å². The molecular formula is C20H16Cl2O2S. The third-order valence-corrected chi connectivity index (χ3v) is 5.81. The Labute approximate surface area is 160 Å². The summed E-state index contributed by atoms with van der Waals surface area (Å²) in [5, 5.41) is 10.4. The summed E-state index contributed by atoms with van der Waals surface area (Å²) in [5.74, 6) is -1.08. The molecule has 0 amide bonds. The number of aliphatic carboxylic acids is 1. The summed E-state index contributed by atoms with van der Waals surface area (Å²) in [5.41, 5.74) is 0. The van der Waals surface area contributed by atoms with E-state index in [0.29, 0.717) is 0 Å². The molecule has 0 aliphatic rings. The molecule has 5 heteroatoms. The Kier molecular flexibility index (Phi) is 7.38. The fourth-order valence-corrected chi connectivity index (χ4v) is 4.42. The molecule has 0 N–H and O–H groups in total. The molecule has 3 aromatic rings. The van der Waals surface area contributed by atoms with Crippen LogP contribution in [0, 0.1) is 0 Å². The molecule has 0 heterocycles. The van der Waals surface area contributed by atoms with Crippen molar-refractivity contribution in [3.8, 4) is 0 Å². The normalized spacial score (nSPS) is 10.1. The Hall–Kier alpha value is -1.94. The highest BCUT2D eigenvalue weighted by atomic mass is 35.5. The second-order valence-corrected chi connectivity index (χ2v) is 7.92. The standard InChI is InChI=1S/C18H13Cl2S.C2H4O2/c19-14-6-10-17(11-7-14)21(16-4-2-1-3-5-16)18-12-8-15(20)9-13-18;1-2(3)4/h1-13H;1H3,(H,3,4)/q+1;/p-1. The molecule has 2 nitrogen and oxygen atoms in total. The summed E-state index contributed by atoms with van der Waals surface area (Å²) in [6, 6.07) is 26.6. The lowest BCUT2D eigenvalue weighted by atomic mass is 10.3. The van der Waals surface area contributed by atoms with Gasteiger partial charge >= 0.3 is 0 Å². The zero-order valence-corrected chi connectivity index (χ0v) is 15.8. The van der Waals surface area contributed by atoms with Crippen LogP contribution in [0.5, 0.6) is 0 Å². The number of halogens is 2. The smallest absolute Gasteiger partial charge is 0.166 e. The van der Waals surface area contributed by atoms with Crippen LogP contribution in [0.4, 0.5) is 0 Å². The molecule has 0 unspecified atom stereocenters. The van der Waals surface area contributed by atoms with Crippen molar-refractivity contribution in [1.29, 1.82) is 0 Å². The molecule has 0 atom stereocenters. The van der Waals surface area contributed by atoms with Crippen LogP contribution in [-0.2, 0) is 15.7 Å². The van der Waals surface area contributed by atoms with E-state index in [1.807, 2.05) is 30.3 Å². The third kappa shape index (κ3) is 6.13. The highest BCUT2D eigenvalue weighted by molar-refractivity contribution is 7.97. The highest BCUT2D eigenvalue weighted by Crippen LogP contribution is 2.32. The maximum absolute atomic E-state index is 8.89. The Bertz CT molecular complexity index is 754. The number of carbonyl (C=O) groups is 1. The van der Waals surface area contributed by atoms with Gasteiger partial charge in [-0.2, -0.15) is 0 Å². The summed E-state index contributed by atoms with van der Waals surface area (Å²) in [7, 11) is -0.148. The van der Waals surface area contributed by atoms with E-state index in [1.165, 1.54) is 14.7 Å². The van der Waals surface area contributed by atoms with Crippen LogP contribution in [0.3, 0.4) is 0 Å². The van der Waals surface area contributed by atoms with Crippen molar-refractivity contribution in [1.82, 2.24) is 0 Å². The second-order valence-electron chi connectivity index (χ2n) is 5.02. The molecule has 0 saturated carbocycles. The Morgan fingerprint density at radius 2 is 1.04 bits per heavy atom. The van der Waals surface area contributed by atoms with E-state index < -0.39 is 5.97 Å². The second kappa shape index (κ2) is 9.52. The number of hydrogen-bond acceptors (Lipinski definition) is 2. The molecule has 0 fully saturated rings. The summed E-state index contributed by atoms with van der Waals surface area (Å²) in [4.78, 5) is 12.7. The van der Waals surface area contributed by atoms with Gasteiger partial charge in [-0.25, -0.2) is 0 Å². The first-order chi connectivity index (χ1) is 12.0. The molecule has 3 aromatic carbocycles. The number of rotatable bonds is 3. The maximum Gasteiger partial charge on any atom is 0.166 e.